The number of carbonyl (C=O) groups is 1. The number of benzene rings is 1. The minimum Gasteiger partial charge on any atom is -0.390 e. The van der Waals surface area contributed by atoms with E-state index >= 15 is 0 Å². The zero-order chi connectivity index (χ0) is 9.26. The third kappa shape index (κ3) is 1.55. The van der Waals surface area contributed by atoms with Crippen LogP contribution >= 0.6 is 0 Å². The molecule has 0 radical (unpaired) electrons. The van der Waals surface area contributed by atoms with Gasteiger partial charge in [0.05, 0.1) is 18.6 Å². The Kier molecular flexibility index (Phi) is 2.02. The molecular weight excluding hydrogens is 166 g/mol. The Balaban J connectivity index is 2.23. The predicted molar refractivity (Wildman–Crippen MR) is 47.9 cm³/mol. The Morgan fingerprint density at radius 1 is 1.31 bits per heavy atom. The number of aliphatic hydroxyl groups excluding tert-OH is 1. The number of hydrogen-bond donors (Lipinski definition) is 2. The van der Waals surface area contributed by atoms with Crippen LogP contribution in [0.2, 0.25) is 0 Å². The molecule has 1 heterocycles. The summed E-state index contributed by atoms with van der Waals surface area (Å²) < 4.78 is 0. The summed E-state index contributed by atoms with van der Waals surface area (Å²) in [5, 5.41) is 12.3. The van der Waals surface area contributed by atoms with Gasteiger partial charge >= 0.3 is 0 Å². The molecule has 13 heavy (non-hydrogen) atoms. The molecule has 2 atom stereocenters. The molecule has 2 rings (SSSR count). The summed E-state index contributed by atoms with van der Waals surface area (Å²) in [5.74, 6) is -0.0821. The number of aliphatic hydroxyl groups is 1. The largest absolute Gasteiger partial charge is 0.390 e. The lowest BCUT2D eigenvalue weighted by Gasteiger charge is -2.13. The van der Waals surface area contributed by atoms with E-state index in [-0.39, 0.29) is 18.4 Å². The second-order valence-electron chi connectivity index (χ2n) is 3.23. The molecule has 0 aromatic heterocycles. The maximum atomic E-state index is 11.0. The van der Waals surface area contributed by atoms with Gasteiger partial charge in [0, 0.05) is 0 Å². The molecule has 1 aromatic carbocycles. The summed E-state index contributed by atoms with van der Waals surface area (Å²) >= 11 is 0. The van der Waals surface area contributed by atoms with Crippen molar-refractivity contribution < 1.29 is 9.90 Å². The summed E-state index contributed by atoms with van der Waals surface area (Å²) in [6.45, 7) is 0. The summed E-state index contributed by atoms with van der Waals surface area (Å²) in [6, 6.07) is 9.28. The van der Waals surface area contributed by atoms with Gasteiger partial charge in [0.1, 0.15) is 0 Å². The smallest absolute Gasteiger partial charge is 0.223 e. The van der Waals surface area contributed by atoms with E-state index in [2.05, 4.69) is 5.32 Å². The molecule has 1 aromatic rings. The van der Waals surface area contributed by atoms with Crippen LogP contribution in [-0.4, -0.2) is 17.1 Å². The average molecular weight is 177 g/mol. The second kappa shape index (κ2) is 3.18. The van der Waals surface area contributed by atoms with Gasteiger partial charge in [-0.2, -0.15) is 0 Å². The van der Waals surface area contributed by atoms with E-state index in [0.717, 1.165) is 5.56 Å². The summed E-state index contributed by atoms with van der Waals surface area (Å²) in [5.41, 5.74) is 0.959. The fourth-order valence-electron chi connectivity index (χ4n) is 1.60. The molecular formula is C10H11NO2. The van der Waals surface area contributed by atoms with Crippen LogP contribution in [0.1, 0.15) is 18.0 Å². The van der Waals surface area contributed by atoms with Crippen LogP contribution in [0.4, 0.5) is 0 Å². The third-order valence-corrected chi connectivity index (χ3v) is 2.25. The van der Waals surface area contributed by atoms with Gasteiger partial charge in [-0.15, -0.1) is 0 Å². The predicted octanol–water partition coefficient (Wildman–Crippen LogP) is 0.608. The van der Waals surface area contributed by atoms with Crippen molar-refractivity contribution in [1.82, 2.24) is 5.32 Å². The quantitative estimate of drug-likeness (QED) is 0.660. The molecule has 0 spiro atoms. The maximum absolute atomic E-state index is 11.0. The molecule has 0 unspecified atom stereocenters. The van der Waals surface area contributed by atoms with Gasteiger partial charge in [-0.3, -0.25) is 4.79 Å². The fraction of sp³-hybridized carbons (Fsp3) is 0.300. The van der Waals surface area contributed by atoms with Crippen LogP contribution in [-0.2, 0) is 4.79 Å². The maximum Gasteiger partial charge on any atom is 0.223 e. The van der Waals surface area contributed by atoms with Crippen LogP contribution in [0.3, 0.4) is 0 Å². The third-order valence-electron chi connectivity index (χ3n) is 2.25. The minimum absolute atomic E-state index is 0.0821. The highest BCUT2D eigenvalue weighted by atomic mass is 16.3. The van der Waals surface area contributed by atoms with Crippen molar-refractivity contribution in [2.24, 2.45) is 0 Å². The van der Waals surface area contributed by atoms with Crippen molar-refractivity contribution in [3.05, 3.63) is 35.9 Å². The van der Waals surface area contributed by atoms with E-state index < -0.39 is 6.10 Å². The first kappa shape index (κ1) is 8.26. The highest BCUT2D eigenvalue weighted by Gasteiger charge is 2.31. The molecule has 1 aliphatic rings. The first-order chi connectivity index (χ1) is 6.27. The van der Waals surface area contributed by atoms with Gasteiger partial charge in [-0.25, -0.2) is 0 Å². The molecule has 2 N–H and O–H groups in total. The van der Waals surface area contributed by atoms with Gasteiger partial charge in [0.2, 0.25) is 5.91 Å². The van der Waals surface area contributed by atoms with Gasteiger partial charge < -0.3 is 10.4 Å². The molecule has 0 bridgehead atoms. The van der Waals surface area contributed by atoms with Crippen molar-refractivity contribution in [3.63, 3.8) is 0 Å². The first-order valence-electron chi connectivity index (χ1n) is 4.30. The van der Waals surface area contributed by atoms with Gasteiger partial charge in [0.15, 0.2) is 0 Å². The first-order valence-corrected chi connectivity index (χ1v) is 4.30. The van der Waals surface area contributed by atoms with Crippen LogP contribution in [0.15, 0.2) is 30.3 Å². The zero-order valence-electron chi connectivity index (χ0n) is 7.10. The normalized spacial score (nSPS) is 27.3. The van der Waals surface area contributed by atoms with Crippen molar-refractivity contribution in [2.75, 3.05) is 0 Å². The highest BCUT2D eigenvalue weighted by molar-refractivity contribution is 5.79. The van der Waals surface area contributed by atoms with E-state index in [1.54, 1.807) is 0 Å². The summed E-state index contributed by atoms with van der Waals surface area (Å²) in [6.07, 6.45) is -0.380. The molecule has 68 valence electrons. The standard InChI is InChI=1S/C10H11NO2/c12-8-6-9(13)11-10(8)7-4-2-1-3-5-7/h1-5,8,10,12H,6H2,(H,11,13)/t8-,10+/m0/s1. The van der Waals surface area contributed by atoms with Crippen molar-refractivity contribution in [1.29, 1.82) is 0 Å². The highest BCUT2D eigenvalue weighted by Crippen LogP contribution is 2.23. The van der Waals surface area contributed by atoms with Gasteiger partial charge in [-0.1, -0.05) is 30.3 Å². The van der Waals surface area contributed by atoms with Crippen LogP contribution in [0.25, 0.3) is 0 Å². The summed E-state index contributed by atoms with van der Waals surface area (Å²) in [4.78, 5) is 11.0. The van der Waals surface area contributed by atoms with E-state index in [1.807, 2.05) is 30.3 Å². The van der Waals surface area contributed by atoms with Crippen LogP contribution < -0.4 is 5.32 Å². The lowest BCUT2D eigenvalue weighted by atomic mass is 10.0. The number of nitrogens with one attached hydrogen (secondary N) is 1. The monoisotopic (exact) mass is 177 g/mol. The minimum atomic E-state index is -0.588. The Morgan fingerprint density at radius 2 is 2.00 bits per heavy atom. The Morgan fingerprint density at radius 3 is 2.54 bits per heavy atom. The molecule has 0 saturated carbocycles. The Bertz CT molecular complexity index is 310. The molecule has 1 fully saturated rings. The second-order valence-corrected chi connectivity index (χ2v) is 3.23. The van der Waals surface area contributed by atoms with Crippen molar-refractivity contribution in [3.8, 4) is 0 Å². The molecule has 1 saturated heterocycles. The van der Waals surface area contributed by atoms with E-state index in [4.69, 9.17) is 0 Å². The topological polar surface area (TPSA) is 49.3 Å². The SMILES string of the molecule is O=C1C[C@H](O)[C@@H](c2ccccc2)N1. The number of rotatable bonds is 1. The fourth-order valence-corrected chi connectivity index (χ4v) is 1.60. The van der Waals surface area contributed by atoms with Crippen LogP contribution in [0, 0.1) is 0 Å². The molecule has 1 amide bonds. The molecule has 0 aliphatic carbocycles. The Hall–Kier alpha value is -1.35. The van der Waals surface area contributed by atoms with Crippen LogP contribution in [0.5, 0.6) is 0 Å². The van der Waals surface area contributed by atoms with Crippen molar-refractivity contribution >= 4 is 5.91 Å². The van der Waals surface area contributed by atoms with Gasteiger partial charge in [-0.05, 0) is 5.56 Å². The summed E-state index contributed by atoms with van der Waals surface area (Å²) in [7, 11) is 0. The molecule has 1 aliphatic heterocycles. The average Bonchev–Trinajstić information content (AvgIpc) is 2.47. The number of hydrogen-bond acceptors (Lipinski definition) is 2. The molecule has 3 heteroatoms. The van der Waals surface area contributed by atoms with E-state index in [1.165, 1.54) is 0 Å². The number of carbonyl (C=O) groups excluding carboxylic acids is 1. The number of amides is 1. The molecule has 3 nitrogen and oxygen atoms in total. The lowest BCUT2D eigenvalue weighted by molar-refractivity contribution is -0.119. The zero-order valence-corrected chi connectivity index (χ0v) is 7.10. The van der Waals surface area contributed by atoms with E-state index in [0.29, 0.717) is 0 Å². The van der Waals surface area contributed by atoms with Crippen molar-refractivity contribution in [2.45, 2.75) is 18.6 Å². The lowest BCUT2D eigenvalue weighted by Crippen LogP contribution is -2.22. The van der Waals surface area contributed by atoms with Gasteiger partial charge in [0.25, 0.3) is 0 Å². The Labute approximate surface area is 76.4 Å². The van der Waals surface area contributed by atoms with E-state index in [9.17, 15) is 9.90 Å².